The number of unbranched alkanes of at least 4 members (excludes halogenated alkanes) is 28. The van der Waals surface area contributed by atoms with E-state index in [1.54, 1.807) is 0 Å². The summed E-state index contributed by atoms with van der Waals surface area (Å²) in [5, 5.41) is 17.0. The molecule has 244 valence electrons. The zero-order valence-electron chi connectivity index (χ0n) is 28.0. The Morgan fingerprint density at radius 2 is 0.476 bits per heavy atom. The number of carbonyl (C=O) groups is 2. The topological polar surface area (TPSA) is 74.6 Å². The fourth-order valence-corrected chi connectivity index (χ4v) is 5.30. The van der Waals surface area contributed by atoms with Gasteiger partial charge in [0.25, 0.3) is 0 Å². The predicted octanol–water partition coefficient (Wildman–Crippen LogP) is 12.0. The Bertz CT molecular complexity index is 461. The molecule has 0 aliphatic heterocycles. The molecule has 0 aromatic rings. The average Bonchev–Trinajstić information content (AvgIpc) is 2.93. The molecule has 0 aromatic heterocycles. The van der Waals surface area contributed by atoms with Gasteiger partial charge in [-0.05, 0) is 12.8 Å². The standard InChI is InChI=1S/2C18H36O2.K.Zn.H/c2*1-2-3-4-5-6-7-8-9-10-11-12-13-14-15-16-17-18(19)20;;;/h2*2-17H2,1H3,(H,19,20);;;. The summed E-state index contributed by atoms with van der Waals surface area (Å²) >= 11 is 0. The molecule has 0 atom stereocenters. The van der Waals surface area contributed by atoms with E-state index in [-0.39, 0.29) is 70.9 Å². The van der Waals surface area contributed by atoms with E-state index in [9.17, 15) is 9.59 Å². The van der Waals surface area contributed by atoms with Crippen LogP contribution in [0.25, 0.3) is 0 Å². The van der Waals surface area contributed by atoms with Gasteiger partial charge in [0.05, 0.1) is 0 Å². The van der Waals surface area contributed by atoms with Gasteiger partial charge < -0.3 is 10.2 Å². The second-order valence-electron chi connectivity index (χ2n) is 12.2. The number of carboxylic acids is 2. The number of carboxylic acid groups (broad SMARTS) is 2. The van der Waals surface area contributed by atoms with Crippen molar-refractivity contribution in [2.75, 3.05) is 0 Å². The first kappa shape index (κ1) is 50.1. The van der Waals surface area contributed by atoms with Crippen LogP contribution in [-0.2, 0) is 29.1 Å². The van der Waals surface area contributed by atoms with Crippen molar-refractivity contribution < 1.29 is 39.3 Å². The first-order chi connectivity index (χ1) is 19.5. The van der Waals surface area contributed by atoms with Crippen molar-refractivity contribution in [2.24, 2.45) is 0 Å². The number of hydrogen-bond donors (Lipinski definition) is 2. The molecule has 0 aliphatic carbocycles. The molecule has 0 spiro atoms. The molecule has 0 unspecified atom stereocenters. The maximum absolute atomic E-state index is 10.3. The van der Waals surface area contributed by atoms with Crippen LogP contribution >= 0.6 is 0 Å². The minimum Gasteiger partial charge on any atom is 0 e. The van der Waals surface area contributed by atoms with Crippen LogP contribution in [-0.4, -0.2) is 73.5 Å². The van der Waals surface area contributed by atoms with Crippen LogP contribution < -0.4 is 0 Å². The van der Waals surface area contributed by atoms with E-state index in [2.05, 4.69) is 13.8 Å². The van der Waals surface area contributed by atoms with E-state index in [1.807, 2.05) is 0 Å². The van der Waals surface area contributed by atoms with Crippen LogP contribution in [0.3, 0.4) is 0 Å². The van der Waals surface area contributed by atoms with Gasteiger partial charge in [-0.2, -0.15) is 0 Å². The zero-order valence-corrected chi connectivity index (χ0v) is 31.0. The summed E-state index contributed by atoms with van der Waals surface area (Å²) in [7, 11) is 0. The summed E-state index contributed by atoms with van der Waals surface area (Å²) in [6, 6.07) is 0. The van der Waals surface area contributed by atoms with Gasteiger partial charge in [0.1, 0.15) is 0 Å². The molecule has 0 saturated carbocycles. The zero-order chi connectivity index (χ0) is 29.8. The Morgan fingerprint density at radius 1 is 0.333 bits per heavy atom. The quantitative estimate of drug-likeness (QED) is 0.0550. The summed E-state index contributed by atoms with van der Waals surface area (Å²) in [5.41, 5.74) is 0. The maximum atomic E-state index is 10.3. The monoisotopic (exact) mass is 672 g/mol. The average molecular weight is 674 g/mol. The van der Waals surface area contributed by atoms with Crippen LogP contribution in [0.2, 0.25) is 0 Å². The molecule has 0 aliphatic rings. The molecular weight excluding hydrogens is 601 g/mol. The van der Waals surface area contributed by atoms with Gasteiger partial charge in [0, 0.05) is 32.3 Å². The third kappa shape index (κ3) is 53.7. The van der Waals surface area contributed by atoms with Crippen molar-refractivity contribution in [3.05, 3.63) is 0 Å². The summed E-state index contributed by atoms with van der Waals surface area (Å²) in [6.07, 6.45) is 40.4. The number of hydrogen-bond acceptors (Lipinski definition) is 2. The van der Waals surface area contributed by atoms with Crippen LogP contribution in [0.5, 0.6) is 0 Å². The molecule has 2 N–H and O–H groups in total. The van der Waals surface area contributed by atoms with Gasteiger partial charge in [0.2, 0.25) is 0 Å². The normalized spacial score (nSPS) is 10.3. The molecule has 0 saturated heterocycles. The molecule has 0 aromatic carbocycles. The first-order valence-electron chi connectivity index (χ1n) is 18.0. The third-order valence-electron chi connectivity index (χ3n) is 7.99. The molecule has 0 amide bonds. The van der Waals surface area contributed by atoms with Gasteiger partial charge in [-0.3, -0.25) is 9.59 Å². The van der Waals surface area contributed by atoms with Gasteiger partial charge in [-0.25, -0.2) is 0 Å². The minimum atomic E-state index is -0.653. The van der Waals surface area contributed by atoms with Crippen molar-refractivity contribution in [2.45, 2.75) is 219 Å². The summed E-state index contributed by atoms with van der Waals surface area (Å²) in [6.45, 7) is 4.54. The smallest absolute Gasteiger partial charge is 0 e. The summed E-state index contributed by atoms with van der Waals surface area (Å²) in [4.78, 5) is 20.7. The van der Waals surface area contributed by atoms with Crippen molar-refractivity contribution in [1.82, 2.24) is 0 Å². The largest absolute Gasteiger partial charge is 0 e. The van der Waals surface area contributed by atoms with Crippen molar-refractivity contribution in [1.29, 1.82) is 0 Å². The molecule has 42 heavy (non-hydrogen) atoms. The third-order valence-corrected chi connectivity index (χ3v) is 7.99. The van der Waals surface area contributed by atoms with E-state index in [0.717, 1.165) is 25.7 Å². The SMILES string of the molecule is CCCCCCCCCCCCCCCCCC(=O)O.CCCCCCCCCCCCCCCCCC(=O)O.[KH].[Zn]. The van der Waals surface area contributed by atoms with Crippen LogP contribution in [0.4, 0.5) is 0 Å². The van der Waals surface area contributed by atoms with Crippen molar-refractivity contribution in [3.8, 4) is 0 Å². The predicted molar refractivity (Wildman–Crippen MR) is 182 cm³/mol. The van der Waals surface area contributed by atoms with Gasteiger partial charge in [-0.15, -0.1) is 0 Å². The van der Waals surface area contributed by atoms with E-state index in [1.165, 1.54) is 167 Å². The number of aliphatic carboxylic acids is 2. The molecule has 0 heterocycles. The second-order valence-corrected chi connectivity index (χ2v) is 12.2. The van der Waals surface area contributed by atoms with Crippen LogP contribution in [0, 0.1) is 0 Å². The first-order valence-corrected chi connectivity index (χ1v) is 18.0. The Balaban J connectivity index is -0.000000328. The van der Waals surface area contributed by atoms with E-state index in [4.69, 9.17) is 10.2 Å². The van der Waals surface area contributed by atoms with Gasteiger partial charge >= 0.3 is 63.3 Å². The Hall–Kier alpha value is 1.20. The molecule has 6 heteroatoms. The van der Waals surface area contributed by atoms with Gasteiger partial charge in [-0.1, -0.05) is 194 Å². The second kappa shape index (κ2) is 46.6. The van der Waals surface area contributed by atoms with E-state index >= 15 is 0 Å². The van der Waals surface area contributed by atoms with Crippen LogP contribution in [0.1, 0.15) is 219 Å². The molecule has 0 rings (SSSR count). The fourth-order valence-electron chi connectivity index (χ4n) is 5.30. The van der Waals surface area contributed by atoms with E-state index < -0.39 is 11.9 Å². The van der Waals surface area contributed by atoms with Crippen LogP contribution in [0.15, 0.2) is 0 Å². The maximum Gasteiger partial charge on any atom is 0 e. The molecule has 0 fully saturated rings. The van der Waals surface area contributed by atoms with Gasteiger partial charge in [0.15, 0.2) is 0 Å². The Kier molecular flexibility index (Phi) is 55.6. The van der Waals surface area contributed by atoms with Crippen molar-refractivity contribution in [3.63, 3.8) is 0 Å². The molecular formula is C36H73KO4Zn. The Labute approximate surface area is 318 Å². The van der Waals surface area contributed by atoms with Crippen molar-refractivity contribution >= 4 is 63.3 Å². The van der Waals surface area contributed by atoms with E-state index in [0.29, 0.717) is 12.8 Å². The molecule has 0 bridgehead atoms. The fraction of sp³-hybridized carbons (Fsp3) is 0.944. The Morgan fingerprint density at radius 3 is 0.619 bits per heavy atom. The minimum absolute atomic E-state index is 0. The molecule has 0 radical (unpaired) electrons. The summed E-state index contributed by atoms with van der Waals surface area (Å²) < 4.78 is 0. The molecule has 4 nitrogen and oxygen atoms in total. The summed E-state index contributed by atoms with van der Waals surface area (Å²) in [5.74, 6) is -1.31. The number of rotatable bonds is 32.